The van der Waals surface area contributed by atoms with Crippen molar-refractivity contribution >= 4 is 5.69 Å². The number of rotatable bonds is 2. The van der Waals surface area contributed by atoms with Gasteiger partial charge in [0.1, 0.15) is 5.69 Å². The predicted octanol–water partition coefficient (Wildman–Crippen LogP) is 3.89. The van der Waals surface area contributed by atoms with Crippen LogP contribution in [0.3, 0.4) is 0 Å². The molecule has 0 aromatic heterocycles. The minimum atomic E-state index is 1.08. The fraction of sp³-hybridized carbons (Fsp3) is 0. The van der Waals surface area contributed by atoms with Crippen LogP contribution >= 0.6 is 0 Å². The Morgan fingerprint density at radius 2 is 0.895 bits per heavy atom. The lowest BCUT2D eigenvalue weighted by Crippen LogP contribution is -2.41. The van der Waals surface area contributed by atoms with E-state index in [9.17, 15) is 0 Å². The standard InChI is InChI=1S/C18H15N/c19-18-16(14-8-3-1-4-9-14)12-7-13-17(18)15-10-5-2-6-11-15/h1-13H,19H2/p+1. The summed E-state index contributed by atoms with van der Waals surface area (Å²) in [6.07, 6.45) is 0. The zero-order valence-electron chi connectivity index (χ0n) is 10.7. The smallest absolute Gasteiger partial charge is 0.143 e. The molecule has 0 atom stereocenters. The fourth-order valence-electron chi connectivity index (χ4n) is 2.36. The predicted molar refractivity (Wildman–Crippen MR) is 79.9 cm³/mol. The van der Waals surface area contributed by atoms with Gasteiger partial charge in [-0.25, -0.2) is 0 Å². The van der Waals surface area contributed by atoms with Crippen molar-refractivity contribution in [3.63, 3.8) is 0 Å². The van der Waals surface area contributed by atoms with E-state index in [-0.39, 0.29) is 0 Å². The molecule has 3 N–H and O–H groups in total. The zero-order valence-corrected chi connectivity index (χ0v) is 10.7. The van der Waals surface area contributed by atoms with Gasteiger partial charge in [-0.3, -0.25) is 0 Å². The molecule has 1 heteroatoms. The summed E-state index contributed by atoms with van der Waals surface area (Å²) in [7, 11) is 0. The molecule has 19 heavy (non-hydrogen) atoms. The average molecular weight is 246 g/mol. The third-order valence-corrected chi connectivity index (χ3v) is 3.35. The van der Waals surface area contributed by atoms with Crippen molar-refractivity contribution in [2.45, 2.75) is 0 Å². The molecule has 0 fully saturated rings. The lowest BCUT2D eigenvalue weighted by molar-refractivity contribution is -0.253. The van der Waals surface area contributed by atoms with Gasteiger partial charge in [0.15, 0.2) is 0 Å². The molecule has 0 radical (unpaired) electrons. The number of quaternary nitrogens is 1. The molecule has 3 rings (SSSR count). The second kappa shape index (κ2) is 5.09. The Bertz CT molecular complexity index is 615. The molecular formula is C18H16N+. The first-order valence-electron chi connectivity index (χ1n) is 6.42. The number of hydrogen-bond acceptors (Lipinski definition) is 0. The van der Waals surface area contributed by atoms with Crippen molar-refractivity contribution in [2.75, 3.05) is 0 Å². The third-order valence-electron chi connectivity index (χ3n) is 3.35. The van der Waals surface area contributed by atoms with Crippen LogP contribution in [0.5, 0.6) is 0 Å². The fourth-order valence-corrected chi connectivity index (χ4v) is 2.36. The summed E-state index contributed by atoms with van der Waals surface area (Å²) in [6, 6.07) is 27.2. The van der Waals surface area contributed by atoms with Crippen molar-refractivity contribution in [3.05, 3.63) is 78.9 Å². The van der Waals surface area contributed by atoms with E-state index in [0.29, 0.717) is 0 Å². The van der Waals surface area contributed by atoms with Gasteiger partial charge in [-0.1, -0.05) is 66.7 Å². The van der Waals surface area contributed by atoms with Crippen LogP contribution in [0.25, 0.3) is 22.3 Å². The quantitative estimate of drug-likeness (QED) is 0.710. The minimum Gasteiger partial charge on any atom is -0.324 e. The number of benzene rings is 3. The highest BCUT2D eigenvalue weighted by molar-refractivity contribution is 5.85. The minimum absolute atomic E-state index is 1.08. The lowest BCUT2D eigenvalue weighted by atomic mass is 9.96. The van der Waals surface area contributed by atoms with Crippen LogP contribution in [-0.2, 0) is 0 Å². The molecule has 0 aliphatic rings. The Balaban J connectivity index is 2.15. The summed E-state index contributed by atoms with van der Waals surface area (Å²) in [5, 5.41) is 0. The van der Waals surface area contributed by atoms with Crippen LogP contribution in [0.15, 0.2) is 78.9 Å². The Morgan fingerprint density at radius 1 is 0.474 bits per heavy atom. The van der Waals surface area contributed by atoms with E-state index in [2.05, 4.69) is 72.5 Å². The topological polar surface area (TPSA) is 27.6 Å². The molecule has 92 valence electrons. The molecule has 0 spiro atoms. The molecule has 1 nitrogen and oxygen atoms in total. The third kappa shape index (κ3) is 2.28. The van der Waals surface area contributed by atoms with Gasteiger partial charge in [0, 0.05) is 11.1 Å². The summed E-state index contributed by atoms with van der Waals surface area (Å²) >= 11 is 0. The van der Waals surface area contributed by atoms with E-state index < -0.39 is 0 Å². The Morgan fingerprint density at radius 3 is 1.32 bits per heavy atom. The van der Waals surface area contributed by atoms with E-state index in [1.54, 1.807) is 0 Å². The molecule has 3 aromatic rings. The summed E-state index contributed by atoms with van der Waals surface area (Å²) in [5.41, 5.74) is 10.2. The van der Waals surface area contributed by atoms with Crippen molar-refractivity contribution in [1.82, 2.24) is 0 Å². The normalized spacial score (nSPS) is 10.4. The molecule has 0 saturated heterocycles. The summed E-state index contributed by atoms with van der Waals surface area (Å²) in [6.45, 7) is 0. The Kier molecular flexibility index (Phi) is 3.13. The van der Waals surface area contributed by atoms with Crippen molar-refractivity contribution < 1.29 is 5.73 Å². The molecule has 0 saturated carbocycles. The highest BCUT2D eigenvalue weighted by Gasteiger charge is 2.11. The summed E-state index contributed by atoms with van der Waals surface area (Å²) < 4.78 is 0. The van der Waals surface area contributed by atoms with Crippen molar-refractivity contribution in [3.8, 4) is 22.3 Å². The molecule has 0 heterocycles. The highest BCUT2D eigenvalue weighted by atomic mass is 14.6. The summed E-state index contributed by atoms with van der Waals surface area (Å²) in [5.74, 6) is 0. The van der Waals surface area contributed by atoms with Gasteiger partial charge in [0.25, 0.3) is 0 Å². The maximum atomic E-state index is 4.27. The van der Waals surface area contributed by atoms with Gasteiger partial charge >= 0.3 is 0 Å². The van der Waals surface area contributed by atoms with E-state index in [1.807, 2.05) is 12.1 Å². The van der Waals surface area contributed by atoms with Crippen LogP contribution in [0.2, 0.25) is 0 Å². The zero-order chi connectivity index (χ0) is 13.1. The maximum absolute atomic E-state index is 4.27. The van der Waals surface area contributed by atoms with Gasteiger partial charge in [0.05, 0.1) is 0 Å². The van der Waals surface area contributed by atoms with Crippen LogP contribution in [0.4, 0.5) is 5.69 Å². The van der Waals surface area contributed by atoms with E-state index in [0.717, 1.165) is 5.69 Å². The van der Waals surface area contributed by atoms with E-state index in [4.69, 9.17) is 0 Å². The van der Waals surface area contributed by atoms with Crippen LogP contribution in [-0.4, -0.2) is 0 Å². The summed E-state index contributed by atoms with van der Waals surface area (Å²) in [4.78, 5) is 0. The monoisotopic (exact) mass is 246 g/mol. The highest BCUT2D eigenvalue weighted by Crippen LogP contribution is 2.33. The molecule has 0 bridgehead atoms. The lowest BCUT2D eigenvalue weighted by Gasteiger charge is -2.08. The van der Waals surface area contributed by atoms with Crippen LogP contribution < -0.4 is 5.73 Å². The first kappa shape index (κ1) is 11.7. The number of hydrogen-bond donors (Lipinski definition) is 1. The Labute approximate surface area is 113 Å². The Hall–Kier alpha value is -2.38. The maximum Gasteiger partial charge on any atom is 0.143 e. The van der Waals surface area contributed by atoms with Gasteiger partial charge in [0.2, 0.25) is 0 Å². The first-order valence-corrected chi connectivity index (χ1v) is 6.42. The van der Waals surface area contributed by atoms with Gasteiger partial charge in [-0.05, 0) is 23.3 Å². The van der Waals surface area contributed by atoms with Crippen molar-refractivity contribution in [1.29, 1.82) is 0 Å². The average Bonchev–Trinajstić information content (AvgIpc) is 2.49. The molecule has 0 amide bonds. The second-order valence-corrected chi connectivity index (χ2v) is 4.56. The largest absolute Gasteiger partial charge is 0.324 e. The molecular weight excluding hydrogens is 230 g/mol. The molecule has 0 unspecified atom stereocenters. The van der Waals surface area contributed by atoms with Crippen LogP contribution in [0, 0.1) is 0 Å². The van der Waals surface area contributed by atoms with Crippen LogP contribution in [0.1, 0.15) is 0 Å². The van der Waals surface area contributed by atoms with Gasteiger partial charge in [-0.15, -0.1) is 0 Å². The van der Waals surface area contributed by atoms with E-state index >= 15 is 0 Å². The van der Waals surface area contributed by atoms with E-state index in [1.165, 1.54) is 22.3 Å². The first-order chi connectivity index (χ1) is 9.36. The molecule has 3 aromatic carbocycles. The molecule has 0 aliphatic heterocycles. The molecule has 0 aliphatic carbocycles. The van der Waals surface area contributed by atoms with Gasteiger partial charge in [-0.2, -0.15) is 0 Å². The SMILES string of the molecule is [NH3+]c1c(-c2ccccc2)cccc1-c1ccccc1. The second-order valence-electron chi connectivity index (χ2n) is 4.56. The van der Waals surface area contributed by atoms with Crippen molar-refractivity contribution in [2.24, 2.45) is 0 Å². The van der Waals surface area contributed by atoms with Gasteiger partial charge < -0.3 is 5.73 Å².